The van der Waals surface area contributed by atoms with E-state index < -0.39 is 40.8 Å². The van der Waals surface area contributed by atoms with Crippen LogP contribution in [0.2, 0.25) is 0 Å². The highest BCUT2D eigenvalue weighted by Crippen LogP contribution is 2.46. The first-order valence-electron chi connectivity index (χ1n) is 9.38. The van der Waals surface area contributed by atoms with Crippen molar-refractivity contribution in [3.63, 3.8) is 0 Å². The summed E-state index contributed by atoms with van der Waals surface area (Å²) >= 11 is 0. The molecule has 31 heavy (non-hydrogen) atoms. The Bertz CT molecular complexity index is 1470. The van der Waals surface area contributed by atoms with Crippen LogP contribution in [-0.2, 0) is 4.74 Å². The number of rotatable bonds is 3. The van der Waals surface area contributed by atoms with Gasteiger partial charge >= 0.3 is 11.3 Å². The van der Waals surface area contributed by atoms with Gasteiger partial charge in [-0.25, -0.2) is 18.4 Å². The van der Waals surface area contributed by atoms with E-state index in [0.29, 0.717) is 0 Å². The third kappa shape index (κ3) is 2.89. The molecule has 1 N–H and O–H groups in total. The van der Waals surface area contributed by atoms with E-state index in [1.165, 1.54) is 12.1 Å². The van der Waals surface area contributed by atoms with Gasteiger partial charge in [0.15, 0.2) is 0 Å². The minimum Gasteiger partial charge on any atom is -0.507 e. The van der Waals surface area contributed by atoms with Crippen LogP contribution in [0.15, 0.2) is 54.8 Å². The molecule has 0 saturated heterocycles. The molecule has 0 aliphatic carbocycles. The van der Waals surface area contributed by atoms with E-state index in [4.69, 9.17) is 18.3 Å². The molecule has 2 aromatic carbocycles. The second kappa shape index (κ2) is 6.92. The third-order valence-corrected chi connectivity index (χ3v) is 5.19. The van der Waals surface area contributed by atoms with Crippen molar-refractivity contribution in [2.75, 3.05) is 6.61 Å². The molecular formula is C22H14F2O7. The molecule has 9 heteroatoms. The largest absolute Gasteiger partial charge is 0.507 e. The standard InChI is InChI=1S/C22H14F2O7/c1-2-28-22-15(16-18(25)11-7-9(23)3-5-13(11)29-20(16)26)17-19(31-22)12-8-10(24)4-6-14(12)30-21(17)27/h3-8,15,22,25H,2H2,1H3. The molecular weight excluding hydrogens is 414 g/mol. The number of halogens is 2. The van der Waals surface area contributed by atoms with E-state index in [9.17, 15) is 23.5 Å². The summed E-state index contributed by atoms with van der Waals surface area (Å²) in [6.45, 7) is 1.81. The van der Waals surface area contributed by atoms with Gasteiger partial charge in [0.1, 0.15) is 34.3 Å². The van der Waals surface area contributed by atoms with Crippen LogP contribution in [0.3, 0.4) is 0 Å². The summed E-state index contributed by atoms with van der Waals surface area (Å²) < 4.78 is 49.5. The lowest BCUT2D eigenvalue weighted by Gasteiger charge is -2.19. The van der Waals surface area contributed by atoms with Crippen LogP contribution in [0.25, 0.3) is 21.9 Å². The highest BCUT2D eigenvalue weighted by atomic mass is 19.1. The monoisotopic (exact) mass is 428 g/mol. The fourth-order valence-electron chi connectivity index (χ4n) is 3.90. The van der Waals surface area contributed by atoms with E-state index >= 15 is 0 Å². The van der Waals surface area contributed by atoms with Gasteiger partial charge in [-0.3, -0.25) is 0 Å². The number of hydrogen-bond donors (Lipinski definition) is 1. The van der Waals surface area contributed by atoms with Crippen molar-refractivity contribution in [2.24, 2.45) is 0 Å². The molecule has 5 rings (SSSR count). The van der Waals surface area contributed by atoms with Gasteiger partial charge < -0.3 is 23.4 Å². The molecule has 0 fully saturated rings. The number of hydrogen-bond acceptors (Lipinski definition) is 7. The van der Waals surface area contributed by atoms with Crippen LogP contribution >= 0.6 is 0 Å². The van der Waals surface area contributed by atoms with Gasteiger partial charge in [-0.15, -0.1) is 0 Å². The Kier molecular flexibility index (Phi) is 4.30. The van der Waals surface area contributed by atoms with Gasteiger partial charge in [0.25, 0.3) is 0 Å². The molecule has 4 aromatic rings. The van der Waals surface area contributed by atoms with Gasteiger partial charge in [-0.1, -0.05) is 0 Å². The van der Waals surface area contributed by atoms with E-state index in [2.05, 4.69) is 0 Å². The lowest BCUT2D eigenvalue weighted by atomic mass is 9.92. The topological polar surface area (TPSA) is 99.1 Å². The molecule has 0 bridgehead atoms. The lowest BCUT2D eigenvalue weighted by Crippen LogP contribution is -2.29. The van der Waals surface area contributed by atoms with Crippen molar-refractivity contribution in [3.8, 4) is 11.5 Å². The zero-order valence-electron chi connectivity index (χ0n) is 16.0. The summed E-state index contributed by atoms with van der Waals surface area (Å²) in [4.78, 5) is 25.6. The summed E-state index contributed by atoms with van der Waals surface area (Å²) in [5, 5.41) is 10.9. The third-order valence-electron chi connectivity index (χ3n) is 5.19. The second-order valence-corrected chi connectivity index (χ2v) is 6.98. The average Bonchev–Trinajstić information content (AvgIpc) is 3.10. The van der Waals surface area contributed by atoms with Crippen molar-refractivity contribution in [1.29, 1.82) is 0 Å². The normalized spacial score (nSPS) is 17.8. The van der Waals surface area contributed by atoms with Crippen LogP contribution in [0.5, 0.6) is 11.5 Å². The van der Waals surface area contributed by atoms with Gasteiger partial charge in [0, 0.05) is 6.61 Å². The Morgan fingerprint density at radius 2 is 1.52 bits per heavy atom. The number of aromatic hydroxyl groups is 1. The van der Waals surface area contributed by atoms with Crippen molar-refractivity contribution in [2.45, 2.75) is 19.1 Å². The highest BCUT2D eigenvalue weighted by molar-refractivity contribution is 5.87. The Morgan fingerprint density at radius 1 is 0.935 bits per heavy atom. The molecule has 0 radical (unpaired) electrons. The lowest BCUT2D eigenvalue weighted by molar-refractivity contribution is -0.0698. The van der Waals surface area contributed by atoms with E-state index in [0.717, 1.165) is 24.3 Å². The van der Waals surface area contributed by atoms with E-state index in [-0.39, 0.29) is 45.4 Å². The van der Waals surface area contributed by atoms with Gasteiger partial charge in [0.2, 0.25) is 6.29 Å². The van der Waals surface area contributed by atoms with Crippen LogP contribution < -0.4 is 16.0 Å². The second-order valence-electron chi connectivity index (χ2n) is 6.98. The SMILES string of the molecule is CCOC1Oc2c(c(=O)oc3ccc(F)cc23)C1c1c(O)c2cc(F)ccc2oc1=O. The maximum absolute atomic E-state index is 13.9. The molecule has 1 aliphatic heterocycles. The first kappa shape index (κ1) is 19.3. The Morgan fingerprint density at radius 3 is 2.16 bits per heavy atom. The predicted molar refractivity (Wildman–Crippen MR) is 104 cm³/mol. The van der Waals surface area contributed by atoms with Crippen LogP contribution in [0.4, 0.5) is 8.78 Å². The Hall–Kier alpha value is -3.72. The molecule has 7 nitrogen and oxygen atoms in total. The van der Waals surface area contributed by atoms with Gasteiger partial charge in [-0.2, -0.15) is 0 Å². The summed E-state index contributed by atoms with van der Waals surface area (Å²) in [5.41, 5.74) is -2.24. The highest BCUT2D eigenvalue weighted by Gasteiger charge is 2.44. The van der Waals surface area contributed by atoms with Crippen LogP contribution in [0, 0.1) is 11.6 Å². The van der Waals surface area contributed by atoms with Crippen molar-refractivity contribution in [3.05, 3.63) is 80.0 Å². The smallest absolute Gasteiger partial charge is 0.344 e. The summed E-state index contributed by atoms with van der Waals surface area (Å²) in [7, 11) is 0. The average molecular weight is 428 g/mol. The first-order valence-corrected chi connectivity index (χ1v) is 9.38. The fraction of sp³-hybridized carbons (Fsp3) is 0.182. The zero-order chi connectivity index (χ0) is 21.9. The summed E-state index contributed by atoms with van der Waals surface area (Å²) in [6, 6.07) is 6.82. The van der Waals surface area contributed by atoms with E-state index in [1.54, 1.807) is 6.92 Å². The van der Waals surface area contributed by atoms with Crippen LogP contribution in [0.1, 0.15) is 24.0 Å². The number of benzene rings is 2. The van der Waals surface area contributed by atoms with Gasteiger partial charge in [-0.05, 0) is 43.3 Å². The predicted octanol–water partition coefficient (Wildman–Crippen LogP) is 3.77. The molecule has 0 spiro atoms. The molecule has 1 aliphatic rings. The zero-order valence-corrected chi connectivity index (χ0v) is 16.0. The summed E-state index contributed by atoms with van der Waals surface area (Å²) in [5.74, 6) is -3.09. The van der Waals surface area contributed by atoms with Crippen LogP contribution in [-0.4, -0.2) is 18.0 Å². The van der Waals surface area contributed by atoms with Crippen molar-refractivity contribution < 1.29 is 32.2 Å². The Labute approximate surface area is 172 Å². The van der Waals surface area contributed by atoms with Crippen molar-refractivity contribution in [1.82, 2.24) is 0 Å². The molecule has 2 unspecified atom stereocenters. The first-order chi connectivity index (χ1) is 14.9. The fourth-order valence-corrected chi connectivity index (χ4v) is 3.90. The van der Waals surface area contributed by atoms with Gasteiger partial charge in [0.05, 0.1) is 27.8 Å². The molecule has 3 heterocycles. The Balaban J connectivity index is 1.84. The maximum atomic E-state index is 13.9. The minimum absolute atomic E-state index is 0.0210. The molecule has 158 valence electrons. The van der Waals surface area contributed by atoms with E-state index in [1.807, 2.05) is 0 Å². The minimum atomic E-state index is -1.25. The molecule has 2 atom stereocenters. The quantitative estimate of drug-likeness (QED) is 0.496. The molecule has 0 amide bonds. The number of fused-ring (bicyclic) bond motifs is 4. The number of ether oxygens (including phenoxy) is 2. The maximum Gasteiger partial charge on any atom is 0.344 e. The summed E-state index contributed by atoms with van der Waals surface area (Å²) in [6.07, 6.45) is -1.21. The molecule has 2 aromatic heterocycles. The molecule has 0 saturated carbocycles. The van der Waals surface area contributed by atoms with Crippen molar-refractivity contribution >= 4 is 21.9 Å².